The van der Waals surface area contributed by atoms with E-state index in [1.807, 2.05) is 0 Å². The maximum Gasteiger partial charge on any atom is 0.119 e. The SMILES string of the molecule is COc1ccc2c(c1)C(NC1C(C)(C)C1(C)C)CCC2. The third-order valence-corrected chi connectivity index (χ3v) is 6.06. The van der Waals surface area contributed by atoms with Gasteiger partial charge in [0, 0.05) is 12.1 Å². The van der Waals surface area contributed by atoms with Gasteiger partial charge in [-0.05, 0) is 53.4 Å². The van der Waals surface area contributed by atoms with Crippen LogP contribution in [0.2, 0.25) is 0 Å². The Kier molecular flexibility index (Phi) is 3.13. The highest BCUT2D eigenvalue weighted by molar-refractivity contribution is 5.39. The zero-order valence-electron chi connectivity index (χ0n) is 13.4. The number of hydrogen-bond donors (Lipinski definition) is 1. The molecule has 3 rings (SSSR count). The predicted octanol–water partition coefficient (Wildman–Crippen LogP) is 4.10. The molecule has 0 aromatic heterocycles. The fraction of sp³-hybridized carbons (Fsp3) is 0.667. The summed E-state index contributed by atoms with van der Waals surface area (Å²) in [5.41, 5.74) is 3.73. The molecule has 1 N–H and O–H groups in total. The number of methoxy groups -OCH3 is 1. The van der Waals surface area contributed by atoms with Gasteiger partial charge >= 0.3 is 0 Å². The van der Waals surface area contributed by atoms with Crippen LogP contribution in [-0.4, -0.2) is 13.2 Å². The van der Waals surface area contributed by atoms with E-state index in [2.05, 4.69) is 51.2 Å². The van der Waals surface area contributed by atoms with Crippen LogP contribution in [-0.2, 0) is 6.42 Å². The van der Waals surface area contributed by atoms with E-state index in [0.29, 0.717) is 22.9 Å². The highest BCUT2D eigenvalue weighted by Gasteiger charge is 2.65. The lowest BCUT2D eigenvalue weighted by Gasteiger charge is -2.28. The average molecular weight is 273 g/mol. The Morgan fingerprint density at radius 3 is 2.45 bits per heavy atom. The fourth-order valence-corrected chi connectivity index (χ4v) is 3.89. The highest BCUT2D eigenvalue weighted by atomic mass is 16.5. The molecule has 0 radical (unpaired) electrons. The number of fused-ring (bicyclic) bond motifs is 1. The molecule has 0 heterocycles. The number of hydrogen-bond acceptors (Lipinski definition) is 2. The quantitative estimate of drug-likeness (QED) is 0.895. The van der Waals surface area contributed by atoms with E-state index in [4.69, 9.17) is 4.74 Å². The van der Waals surface area contributed by atoms with Crippen molar-refractivity contribution in [3.8, 4) is 5.75 Å². The summed E-state index contributed by atoms with van der Waals surface area (Å²) in [6, 6.07) is 7.66. The Morgan fingerprint density at radius 2 is 1.85 bits per heavy atom. The third kappa shape index (κ3) is 1.96. The maximum atomic E-state index is 5.40. The molecule has 0 spiro atoms. The summed E-state index contributed by atoms with van der Waals surface area (Å²) in [5, 5.41) is 3.93. The summed E-state index contributed by atoms with van der Waals surface area (Å²) in [5.74, 6) is 0.978. The first kappa shape index (κ1) is 13.9. The first-order chi connectivity index (χ1) is 9.38. The van der Waals surface area contributed by atoms with Gasteiger partial charge in [-0.15, -0.1) is 0 Å². The Balaban J connectivity index is 1.84. The van der Waals surface area contributed by atoms with E-state index in [1.165, 1.54) is 30.4 Å². The van der Waals surface area contributed by atoms with Gasteiger partial charge in [0.1, 0.15) is 5.75 Å². The minimum atomic E-state index is 0.392. The molecule has 0 aliphatic heterocycles. The van der Waals surface area contributed by atoms with Gasteiger partial charge in [0.05, 0.1) is 7.11 Å². The van der Waals surface area contributed by atoms with Crippen LogP contribution in [0.5, 0.6) is 5.75 Å². The van der Waals surface area contributed by atoms with Gasteiger partial charge in [-0.1, -0.05) is 33.8 Å². The van der Waals surface area contributed by atoms with Gasteiger partial charge in [-0.2, -0.15) is 0 Å². The van der Waals surface area contributed by atoms with Crippen molar-refractivity contribution in [2.24, 2.45) is 10.8 Å². The second kappa shape index (κ2) is 4.49. The van der Waals surface area contributed by atoms with Gasteiger partial charge in [-0.25, -0.2) is 0 Å². The summed E-state index contributed by atoms with van der Waals surface area (Å²) in [6.45, 7) is 9.50. The molecule has 2 aliphatic carbocycles. The van der Waals surface area contributed by atoms with E-state index < -0.39 is 0 Å². The molecular weight excluding hydrogens is 246 g/mol. The Labute approximate surface area is 122 Å². The summed E-state index contributed by atoms with van der Waals surface area (Å²) in [6.07, 6.45) is 3.72. The number of aryl methyl sites for hydroxylation is 1. The van der Waals surface area contributed by atoms with Crippen molar-refractivity contribution in [3.63, 3.8) is 0 Å². The van der Waals surface area contributed by atoms with Crippen LogP contribution in [0.25, 0.3) is 0 Å². The molecule has 1 aromatic rings. The van der Waals surface area contributed by atoms with Crippen molar-refractivity contribution >= 4 is 0 Å². The van der Waals surface area contributed by atoms with E-state index >= 15 is 0 Å². The van der Waals surface area contributed by atoms with Crippen molar-refractivity contribution < 1.29 is 4.74 Å². The predicted molar refractivity (Wildman–Crippen MR) is 83.2 cm³/mol. The third-order valence-electron chi connectivity index (χ3n) is 6.06. The molecule has 1 unspecified atom stereocenters. The molecule has 2 nitrogen and oxygen atoms in total. The van der Waals surface area contributed by atoms with E-state index in [1.54, 1.807) is 7.11 Å². The van der Waals surface area contributed by atoms with Crippen molar-refractivity contribution in [3.05, 3.63) is 29.3 Å². The zero-order valence-corrected chi connectivity index (χ0v) is 13.4. The molecule has 1 aromatic carbocycles. The monoisotopic (exact) mass is 273 g/mol. The molecule has 0 saturated heterocycles. The van der Waals surface area contributed by atoms with Crippen LogP contribution in [0.15, 0.2) is 18.2 Å². The van der Waals surface area contributed by atoms with E-state index in [9.17, 15) is 0 Å². The summed E-state index contributed by atoms with van der Waals surface area (Å²) in [7, 11) is 1.75. The number of benzene rings is 1. The maximum absolute atomic E-state index is 5.40. The minimum absolute atomic E-state index is 0.392. The second-order valence-corrected chi connectivity index (χ2v) is 7.55. The molecule has 1 saturated carbocycles. The number of ether oxygens (including phenoxy) is 1. The second-order valence-electron chi connectivity index (χ2n) is 7.55. The first-order valence-corrected chi connectivity index (χ1v) is 7.81. The lowest BCUT2D eigenvalue weighted by Crippen LogP contribution is -2.30. The molecule has 2 heteroatoms. The topological polar surface area (TPSA) is 21.3 Å². The van der Waals surface area contributed by atoms with Gasteiger partial charge in [0.15, 0.2) is 0 Å². The first-order valence-electron chi connectivity index (χ1n) is 7.81. The minimum Gasteiger partial charge on any atom is -0.497 e. The lowest BCUT2D eigenvalue weighted by atomic mass is 9.87. The zero-order chi connectivity index (χ0) is 14.5. The number of nitrogens with one attached hydrogen (secondary N) is 1. The van der Waals surface area contributed by atoms with Gasteiger partial charge in [0.2, 0.25) is 0 Å². The van der Waals surface area contributed by atoms with E-state index in [-0.39, 0.29) is 0 Å². The van der Waals surface area contributed by atoms with Crippen molar-refractivity contribution in [1.29, 1.82) is 0 Å². The van der Waals surface area contributed by atoms with Crippen molar-refractivity contribution in [2.45, 2.75) is 59.0 Å². The molecule has 20 heavy (non-hydrogen) atoms. The lowest BCUT2D eigenvalue weighted by molar-refractivity contribution is 0.401. The van der Waals surface area contributed by atoms with Crippen LogP contribution in [0.4, 0.5) is 0 Å². The molecule has 110 valence electrons. The Bertz CT molecular complexity index is 504. The van der Waals surface area contributed by atoms with Gasteiger partial charge in [0.25, 0.3) is 0 Å². The fourth-order valence-electron chi connectivity index (χ4n) is 3.89. The highest BCUT2D eigenvalue weighted by Crippen LogP contribution is 2.63. The van der Waals surface area contributed by atoms with Gasteiger partial charge in [-0.3, -0.25) is 0 Å². The summed E-state index contributed by atoms with van der Waals surface area (Å²) in [4.78, 5) is 0. The van der Waals surface area contributed by atoms with Crippen LogP contribution < -0.4 is 10.1 Å². The Morgan fingerprint density at radius 1 is 1.15 bits per heavy atom. The molecule has 1 atom stereocenters. The molecule has 0 bridgehead atoms. The van der Waals surface area contributed by atoms with Gasteiger partial charge < -0.3 is 10.1 Å². The smallest absolute Gasteiger partial charge is 0.119 e. The van der Waals surface area contributed by atoms with Crippen LogP contribution >= 0.6 is 0 Å². The van der Waals surface area contributed by atoms with Crippen LogP contribution in [0.3, 0.4) is 0 Å². The summed E-state index contributed by atoms with van der Waals surface area (Å²) >= 11 is 0. The van der Waals surface area contributed by atoms with Crippen LogP contribution in [0, 0.1) is 10.8 Å². The molecule has 2 aliphatic rings. The molecular formula is C18H27NO. The van der Waals surface area contributed by atoms with E-state index in [0.717, 1.165) is 5.75 Å². The van der Waals surface area contributed by atoms with Crippen LogP contribution in [0.1, 0.15) is 57.7 Å². The Hall–Kier alpha value is -1.02. The average Bonchev–Trinajstić information content (AvgIpc) is 2.81. The molecule has 0 amide bonds. The number of rotatable bonds is 3. The molecule has 1 fully saturated rings. The van der Waals surface area contributed by atoms with Crippen molar-refractivity contribution in [2.75, 3.05) is 7.11 Å². The normalized spacial score (nSPS) is 26.9. The van der Waals surface area contributed by atoms with Crippen molar-refractivity contribution in [1.82, 2.24) is 5.32 Å². The summed E-state index contributed by atoms with van der Waals surface area (Å²) < 4.78 is 5.40. The largest absolute Gasteiger partial charge is 0.497 e. The standard InChI is InChI=1S/C18H27NO/c1-17(2)16(18(17,3)4)19-15-8-6-7-12-9-10-13(20-5)11-14(12)15/h9-11,15-16,19H,6-8H2,1-5H3.